The summed E-state index contributed by atoms with van der Waals surface area (Å²) in [6.07, 6.45) is 0. The molecule has 3 aromatic heterocycles. The van der Waals surface area contributed by atoms with Crippen molar-refractivity contribution < 1.29 is 13.3 Å². The van der Waals surface area contributed by atoms with Crippen molar-refractivity contribution in [2.24, 2.45) is 0 Å². The van der Waals surface area contributed by atoms with E-state index in [0.717, 1.165) is 156 Å². The number of hydrogen-bond acceptors (Lipinski definition) is 6. The van der Waals surface area contributed by atoms with E-state index in [1.165, 1.54) is 94.6 Å². The molecule has 0 saturated carbocycles. The summed E-state index contributed by atoms with van der Waals surface area (Å²) >= 11 is 0. The minimum absolute atomic E-state index is 0.864. The normalized spacial score (nSPS) is 11.2. The smallest absolute Gasteiger partial charge is 0.137 e. The predicted octanol–water partition coefficient (Wildman–Crippen LogP) is 41.2. The van der Waals surface area contributed by atoms with E-state index in [9.17, 15) is 0 Å². The zero-order chi connectivity index (χ0) is 99.8. The first-order valence-corrected chi connectivity index (χ1v) is 51.0. The van der Waals surface area contributed by atoms with Crippen molar-refractivity contribution in [1.29, 1.82) is 0 Å². The summed E-state index contributed by atoms with van der Waals surface area (Å²) < 4.78 is 19.2. The van der Waals surface area contributed by atoms with Crippen LogP contribution in [-0.2, 0) is 0 Å². The van der Waals surface area contributed by atoms with Gasteiger partial charge in [-0.05, 0) is 250 Å². The van der Waals surface area contributed by atoms with Crippen molar-refractivity contribution in [3.05, 3.63) is 601 Å². The monoisotopic (exact) mass is 1920 g/mol. The lowest BCUT2D eigenvalue weighted by Crippen LogP contribution is -2.11. The molecule has 0 N–H and O–H groups in total. The molecule has 0 saturated heterocycles. The summed E-state index contributed by atoms with van der Waals surface area (Å²) in [5.41, 5.74) is 43.2. The van der Waals surface area contributed by atoms with Crippen LogP contribution in [0.1, 0.15) is 0 Å². The maximum atomic E-state index is 6.42. The summed E-state index contributed by atoms with van der Waals surface area (Å²) in [4.78, 5) is 7.06. The second kappa shape index (κ2) is 41.4. The topological polar surface area (TPSA) is 49.1 Å². The van der Waals surface area contributed by atoms with Crippen LogP contribution < -0.4 is 14.7 Å². The minimum atomic E-state index is 0.864. The van der Waals surface area contributed by atoms with Crippen molar-refractivity contribution in [2.75, 3.05) is 14.7 Å². The number of rotatable bonds is 21. The molecule has 0 spiro atoms. The first-order valence-electron chi connectivity index (χ1n) is 51.0. The van der Waals surface area contributed by atoms with Gasteiger partial charge in [0.1, 0.15) is 33.5 Å². The number of anilines is 9. The lowest BCUT2D eigenvalue weighted by molar-refractivity contribution is 0.668. The molecule has 3 heterocycles. The lowest BCUT2D eigenvalue weighted by atomic mass is 9.93. The zero-order valence-electron chi connectivity index (χ0n) is 82.2. The molecule has 24 aromatic carbocycles. The van der Waals surface area contributed by atoms with Gasteiger partial charge < -0.3 is 28.0 Å². The molecule has 0 aliphatic rings. The Hall–Kier alpha value is -19.9. The Morgan fingerprint density at radius 1 is 0.100 bits per heavy atom. The third kappa shape index (κ3) is 18.8. The third-order valence-corrected chi connectivity index (χ3v) is 28.4. The first-order chi connectivity index (χ1) is 74.4. The summed E-state index contributed by atoms with van der Waals surface area (Å²) in [5.74, 6) is 0. The van der Waals surface area contributed by atoms with E-state index < -0.39 is 0 Å². The molecule has 6 nitrogen and oxygen atoms in total. The Bertz CT molecular complexity index is 9510. The Kier molecular flexibility index (Phi) is 25.2. The van der Waals surface area contributed by atoms with Gasteiger partial charge >= 0.3 is 0 Å². The van der Waals surface area contributed by atoms with Crippen molar-refractivity contribution >= 4 is 117 Å². The maximum absolute atomic E-state index is 6.42. The first kappa shape index (κ1) is 91.3. The molecule has 0 fully saturated rings. The van der Waals surface area contributed by atoms with Gasteiger partial charge in [0.05, 0.1) is 11.4 Å². The van der Waals surface area contributed by atoms with E-state index in [2.05, 4.69) is 579 Å². The molecule has 0 amide bonds. The Labute approximate surface area is 872 Å². The number of nitrogens with zero attached hydrogens (tertiary/aromatic N) is 3. The number of hydrogen-bond donors (Lipinski definition) is 0. The molecule has 150 heavy (non-hydrogen) atoms. The SMILES string of the molecule is c1ccc(-c2ccc(-c3cccc(N(c4ccc5c(c4)oc4ccccc45)c4ccccc4-c4ccccc4-c4ccccc4)c3)cc2)cc1.c1ccc(-c2ccc(-c3ccccc3N(c3cccc(-c4cccc(-c5ccccc5)c4)c3)c3ccc4c(c3)oc3ccccc34)cc2)cc1.c1ccc(-c2cccc(-c3cccc(N(c4cccc(-c5ccccc5-c5ccccc5)c4)c4ccc5c(c4)oc4ccccc45)c3)c2)cc1. The molecular formula is C144H99N3O3. The van der Waals surface area contributed by atoms with E-state index in [4.69, 9.17) is 13.3 Å². The van der Waals surface area contributed by atoms with Gasteiger partial charge in [-0.25, -0.2) is 0 Å². The number of para-hydroxylation sites is 5. The van der Waals surface area contributed by atoms with E-state index >= 15 is 0 Å². The second-order valence-corrected chi connectivity index (χ2v) is 37.7. The highest BCUT2D eigenvalue weighted by Crippen LogP contribution is 2.51. The van der Waals surface area contributed by atoms with Crippen LogP contribution in [0.3, 0.4) is 0 Å². The largest absolute Gasteiger partial charge is 0.456 e. The van der Waals surface area contributed by atoms with Gasteiger partial charge in [-0.1, -0.05) is 455 Å². The second-order valence-electron chi connectivity index (χ2n) is 37.7. The summed E-state index contributed by atoms with van der Waals surface area (Å²) in [7, 11) is 0. The molecule has 708 valence electrons. The Balaban J connectivity index is 0.000000116. The van der Waals surface area contributed by atoms with Crippen LogP contribution in [-0.4, -0.2) is 0 Å². The van der Waals surface area contributed by atoms with Crippen molar-refractivity contribution in [2.45, 2.75) is 0 Å². The molecule has 0 radical (unpaired) electrons. The summed E-state index contributed by atoms with van der Waals surface area (Å²) in [6, 6.07) is 213. The van der Waals surface area contributed by atoms with Crippen LogP contribution in [0.5, 0.6) is 0 Å². The molecule has 0 atom stereocenters. The van der Waals surface area contributed by atoms with Gasteiger partial charge in [0.2, 0.25) is 0 Å². The van der Waals surface area contributed by atoms with Crippen LogP contribution in [0.15, 0.2) is 614 Å². The summed E-state index contributed by atoms with van der Waals surface area (Å²) in [5, 5.41) is 6.71. The van der Waals surface area contributed by atoms with Crippen molar-refractivity contribution in [3.63, 3.8) is 0 Å². The molecule has 0 unspecified atom stereocenters. The maximum Gasteiger partial charge on any atom is 0.137 e. The Morgan fingerprint density at radius 3 is 0.693 bits per heavy atom. The fourth-order valence-electron chi connectivity index (χ4n) is 21.1. The zero-order valence-corrected chi connectivity index (χ0v) is 82.2. The van der Waals surface area contributed by atoms with Crippen molar-refractivity contribution in [1.82, 2.24) is 0 Å². The van der Waals surface area contributed by atoms with E-state index in [1.54, 1.807) is 0 Å². The standard InChI is InChI=1S/3C48H33NO/c1-3-13-34(14-4-1)36-25-27-37(28-26-36)43-21-7-9-23-46(43)49(42-29-30-45-44-22-8-10-24-47(44)50-48(45)33-42)41-20-12-19-40(32-41)39-18-11-17-38(31-39)35-15-5-2-6-16-35;1-3-14-34(15-4-1)35-26-28-36(29-27-35)38-18-13-19-39(32-38)49(40-30-31-45-44-23-10-12-25-47(44)50-48(45)33-40)46-24-11-9-22-43(46)42-21-8-7-20-41(42)37-16-5-2-6-17-37;1-3-14-34(15-4-1)36-18-11-19-37(30-36)38-20-12-22-40(31-38)49(42-28-29-46-45-26-9-10-27-47(45)50-48(46)33-42)41-23-13-21-39(32-41)44-25-8-7-24-43(44)35-16-5-2-6-17-35/h3*1-33H. The van der Waals surface area contributed by atoms with Crippen LogP contribution >= 0.6 is 0 Å². The summed E-state index contributed by atoms with van der Waals surface area (Å²) in [6.45, 7) is 0. The molecule has 0 bridgehead atoms. The number of fused-ring (bicyclic) bond motifs is 9. The van der Waals surface area contributed by atoms with Gasteiger partial charge in [-0.2, -0.15) is 0 Å². The average Bonchev–Trinajstić information content (AvgIpc) is 1.36. The van der Waals surface area contributed by atoms with Crippen LogP contribution in [0.4, 0.5) is 51.2 Å². The highest BCUT2D eigenvalue weighted by atomic mass is 16.3. The van der Waals surface area contributed by atoms with E-state index in [1.807, 2.05) is 36.4 Å². The molecule has 27 aromatic rings. The lowest BCUT2D eigenvalue weighted by Gasteiger charge is -2.29. The Morgan fingerprint density at radius 2 is 0.307 bits per heavy atom. The van der Waals surface area contributed by atoms with Crippen molar-refractivity contribution in [3.8, 4) is 134 Å². The average molecular weight is 1920 g/mol. The fourth-order valence-corrected chi connectivity index (χ4v) is 21.1. The number of benzene rings is 24. The van der Waals surface area contributed by atoms with Gasteiger partial charge in [0, 0.05) is 101 Å². The highest BCUT2D eigenvalue weighted by Gasteiger charge is 2.26. The minimum Gasteiger partial charge on any atom is -0.456 e. The van der Waals surface area contributed by atoms with Gasteiger partial charge in [0.25, 0.3) is 0 Å². The quantitative estimate of drug-likeness (QED) is 0.0715. The predicted molar refractivity (Wildman–Crippen MR) is 630 cm³/mol. The number of furan rings is 3. The molecular weight excluding hydrogens is 1820 g/mol. The van der Waals surface area contributed by atoms with Gasteiger partial charge in [0.15, 0.2) is 0 Å². The fraction of sp³-hybridized carbons (Fsp3) is 0. The van der Waals surface area contributed by atoms with Crippen LogP contribution in [0.25, 0.3) is 199 Å². The molecule has 6 heteroatoms. The van der Waals surface area contributed by atoms with Crippen LogP contribution in [0, 0.1) is 0 Å². The third-order valence-electron chi connectivity index (χ3n) is 28.4. The molecule has 27 rings (SSSR count). The van der Waals surface area contributed by atoms with E-state index in [-0.39, 0.29) is 0 Å². The van der Waals surface area contributed by atoms with Gasteiger partial charge in [-0.3, -0.25) is 0 Å². The van der Waals surface area contributed by atoms with Gasteiger partial charge in [-0.15, -0.1) is 0 Å². The molecule has 0 aliphatic heterocycles. The molecule has 0 aliphatic carbocycles. The highest BCUT2D eigenvalue weighted by molar-refractivity contribution is 6.10. The van der Waals surface area contributed by atoms with E-state index in [0.29, 0.717) is 0 Å². The van der Waals surface area contributed by atoms with Crippen LogP contribution in [0.2, 0.25) is 0 Å².